The van der Waals surface area contributed by atoms with Crippen molar-refractivity contribution in [3.63, 3.8) is 0 Å². The Morgan fingerprint density at radius 3 is 3.12 bits per heavy atom. The number of rotatable bonds is 1. The minimum atomic E-state index is 0.349. The van der Waals surface area contributed by atoms with Gasteiger partial charge in [0, 0.05) is 32.1 Å². The third kappa shape index (κ3) is 2.23. The van der Waals surface area contributed by atoms with Crippen LogP contribution < -0.4 is 14.8 Å². The van der Waals surface area contributed by atoms with Crippen LogP contribution in [0.5, 0.6) is 11.5 Å². The molecule has 1 fully saturated rings. The number of hydrogen-bond donors (Lipinski definition) is 1. The second-order valence-corrected chi connectivity index (χ2v) is 4.78. The summed E-state index contributed by atoms with van der Waals surface area (Å²) in [6.07, 6.45) is 0. The summed E-state index contributed by atoms with van der Waals surface area (Å²) in [7, 11) is 2.17. The van der Waals surface area contributed by atoms with Gasteiger partial charge in [0.25, 0.3) is 0 Å². The van der Waals surface area contributed by atoms with E-state index < -0.39 is 0 Å². The number of ether oxygens (including phenoxy) is 2. The highest BCUT2D eigenvalue weighted by atomic mass is 16.7. The molecule has 3 rings (SSSR count). The Hall–Kier alpha value is -1.26. The summed E-state index contributed by atoms with van der Waals surface area (Å²) in [5.41, 5.74) is 1.33. The van der Waals surface area contributed by atoms with Gasteiger partial charge in [0.15, 0.2) is 11.5 Å². The van der Waals surface area contributed by atoms with E-state index in [1.165, 1.54) is 5.56 Å². The lowest BCUT2D eigenvalue weighted by molar-refractivity contribution is 0.174. The van der Waals surface area contributed by atoms with Gasteiger partial charge >= 0.3 is 0 Å². The van der Waals surface area contributed by atoms with Crippen molar-refractivity contribution in [2.24, 2.45) is 0 Å². The Morgan fingerprint density at radius 1 is 1.29 bits per heavy atom. The predicted octanol–water partition coefficient (Wildman–Crippen LogP) is 1.03. The highest BCUT2D eigenvalue weighted by Crippen LogP contribution is 2.34. The zero-order valence-electron chi connectivity index (χ0n) is 10.1. The Bertz CT molecular complexity index is 408. The van der Waals surface area contributed by atoms with E-state index >= 15 is 0 Å². The molecule has 4 nitrogen and oxygen atoms in total. The van der Waals surface area contributed by atoms with Gasteiger partial charge in [-0.15, -0.1) is 0 Å². The second kappa shape index (κ2) is 4.55. The molecule has 1 atom stereocenters. The van der Waals surface area contributed by atoms with Crippen molar-refractivity contribution < 1.29 is 9.47 Å². The minimum absolute atomic E-state index is 0.349. The summed E-state index contributed by atoms with van der Waals surface area (Å²) in [6, 6.07) is 6.29. The fraction of sp³-hybridized carbons (Fsp3) is 0.538. The van der Waals surface area contributed by atoms with Crippen LogP contribution >= 0.6 is 0 Å². The number of nitrogens with zero attached hydrogens (tertiary/aromatic N) is 1. The van der Waals surface area contributed by atoms with Crippen LogP contribution in [0.4, 0.5) is 0 Å². The van der Waals surface area contributed by atoms with Crippen molar-refractivity contribution >= 4 is 0 Å². The average Bonchev–Trinajstić information content (AvgIpc) is 2.69. The molecule has 2 aliphatic rings. The summed E-state index contributed by atoms with van der Waals surface area (Å²) in [4.78, 5) is 2.37. The third-order valence-corrected chi connectivity index (χ3v) is 3.46. The van der Waals surface area contributed by atoms with Crippen LogP contribution in [0.1, 0.15) is 11.5 Å². The van der Waals surface area contributed by atoms with Crippen LogP contribution in [0.15, 0.2) is 18.2 Å². The van der Waals surface area contributed by atoms with Crippen LogP contribution in [0, 0.1) is 0 Å². The first-order chi connectivity index (χ1) is 8.33. The standard InChI is InChI=1S/C13H18N2O2/c1-15-5-4-14-7-11(8-15)10-2-3-12-13(6-10)17-9-16-12/h2-3,6,11,14H,4-5,7-9H2,1H3. The lowest BCUT2D eigenvalue weighted by Gasteiger charge is -2.19. The van der Waals surface area contributed by atoms with E-state index in [-0.39, 0.29) is 0 Å². The Balaban J connectivity index is 1.82. The predicted molar refractivity (Wildman–Crippen MR) is 65.7 cm³/mol. The molecule has 0 saturated carbocycles. The summed E-state index contributed by atoms with van der Waals surface area (Å²) in [5, 5.41) is 3.48. The van der Waals surface area contributed by atoms with Crippen molar-refractivity contribution in [2.45, 2.75) is 5.92 Å². The van der Waals surface area contributed by atoms with Crippen LogP contribution in [0.2, 0.25) is 0 Å². The number of nitrogens with one attached hydrogen (secondary N) is 1. The molecule has 2 heterocycles. The molecule has 4 heteroatoms. The van der Waals surface area contributed by atoms with Gasteiger partial charge in [-0.3, -0.25) is 0 Å². The van der Waals surface area contributed by atoms with E-state index in [2.05, 4.69) is 29.4 Å². The van der Waals surface area contributed by atoms with Gasteiger partial charge in [-0.25, -0.2) is 0 Å². The van der Waals surface area contributed by atoms with Gasteiger partial charge in [0.1, 0.15) is 0 Å². The number of fused-ring (bicyclic) bond motifs is 1. The van der Waals surface area contributed by atoms with Gasteiger partial charge in [0.2, 0.25) is 6.79 Å². The van der Waals surface area contributed by atoms with Gasteiger partial charge in [0.05, 0.1) is 0 Å². The molecule has 1 aromatic carbocycles. The molecule has 0 radical (unpaired) electrons. The SMILES string of the molecule is CN1CCNCC(c2ccc3c(c2)OCO3)C1. The zero-order chi connectivity index (χ0) is 11.7. The molecule has 1 unspecified atom stereocenters. The van der Waals surface area contributed by atoms with E-state index in [4.69, 9.17) is 9.47 Å². The molecular formula is C13H18N2O2. The van der Waals surface area contributed by atoms with Crippen molar-refractivity contribution in [1.29, 1.82) is 0 Å². The van der Waals surface area contributed by atoms with Crippen molar-refractivity contribution in [3.05, 3.63) is 23.8 Å². The first-order valence-electron chi connectivity index (χ1n) is 6.12. The normalized spacial score (nSPS) is 24.6. The van der Waals surface area contributed by atoms with Crippen molar-refractivity contribution in [1.82, 2.24) is 10.2 Å². The van der Waals surface area contributed by atoms with Gasteiger partial charge in [-0.1, -0.05) is 6.07 Å². The maximum absolute atomic E-state index is 5.43. The van der Waals surface area contributed by atoms with Crippen molar-refractivity contribution in [2.75, 3.05) is 40.0 Å². The molecule has 1 aromatic rings. The molecule has 0 spiro atoms. The fourth-order valence-electron chi connectivity index (χ4n) is 2.47. The summed E-state index contributed by atoms with van der Waals surface area (Å²) >= 11 is 0. The topological polar surface area (TPSA) is 33.7 Å². The van der Waals surface area contributed by atoms with E-state index in [0.29, 0.717) is 12.7 Å². The fourth-order valence-corrected chi connectivity index (χ4v) is 2.47. The second-order valence-electron chi connectivity index (χ2n) is 4.78. The largest absolute Gasteiger partial charge is 0.454 e. The molecule has 0 bridgehead atoms. The molecule has 92 valence electrons. The molecule has 0 aliphatic carbocycles. The van der Waals surface area contributed by atoms with E-state index in [1.807, 2.05) is 6.07 Å². The monoisotopic (exact) mass is 234 g/mol. The number of benzene rings is 1. The van der Waals surface area contributed by atoms with Crippen LogP contribution in [0.3, 0.4) is 0 Å². The Labute approximate surface area is 102 Å². The molecular weight excluding hydrogens is 216 g/mol. The highest BCUT2D eigenvalue weighted by molar-refractivity contribution is 5.45. The summed E-state index contributed by atoms with van der Waals surface area (Å²) in [6.45, 7) is 4.65. The van der Waals surface area contributed by atoms with Crippen LogP contribution in [-0.4, -0.2) is 44.9 Å². The smallest absolute Gasteiger partial charge is 0.231 e. The zero-order valence-corrected chi connectivity index (χ0v) is 10.1. The number of hydrogen-bond acceptors (Lipinski definition) is 4. The molecule has 0 aromatic heterocycles. The lowest BCUT2D eigenvalue weighted by Crippen LogP contribution is -2.24. The molecule has 0 amide bonds. The minimum Gasteiger partial charge on any atom is -0.454 e. The number of likely N-dealkylation sites (N-methyl/N-ethyl adjacent to an activating group) is 1. The van der Waals surface area contributed by atoms with E-state index in [1.54, 1.807) is 0 Å². The quantitative estimate of drug-likeness (QED) is 0.787. The lowest BCUT2D eigenvalue weighted by atomic mass is 9.98. The van der Waals surface area contributed by atoms with Crippen LogP contribution in [0.25, 0.3) is 0 Å². The van der Waals surface area contributed by atoms with Crippen molar-refractivity contribution in [3.8, 4) is 11.5 Å². The van der Waals surface area contributed by atoms with Crippen LogP contribution in [-0.2, 0) is 0 Å². The average molecular weight is 234 g/mol. The maximum Gasteiger partial charge on any atom is 0.231 e. The highest BCUT2D eigenvalue weighted by Gasteiger charge is 2.20. The van der Waals surface area contributed by atoms with Gasteiger partial charge in [-0.05, 0) is 24.7 Å². The first-order valence-corrected chi connectivity index (χ1v) is 6.12. The van der Waals surface area contributed by atoms with Gasteiger partial charge < -0.3 is 19.7 Å². The molecule has 1 N–H and O–H groups in total. The van der Waals surface area contributed by atoms with Gasteiger partial charge in [-0.2, -0.15) is 0 Å². The molecule has 2 aliphatic heterocycles. The Kier molecular flexibility index (Phi) is 2.91. The summed E-state index contributed by atoms with van der Waals surface area (Å²) in [5.74, 6) is 2.27. The molecule has 17 heavy (non-hydrogen) atoms. The first kappa shape index (κ1) is 10.9. The van der Waals surface area contributed by atoms with E-state index in [0.717, 1.165) is 37.7 Å². The Morgan fingerprint density at radius 2 is 2.18 bits per heavy atom. The maximum atomic E-state index is 5.43. The summed E-state index contributed by atoms with van der Waals surface area (Å²) < 4.78 is 10.8. The molecule has 1 saturated heterocycles. The third-order valence-electron chi connectivity index (χ3n) is 3.46. The van der Waals surface area contributed by atoms with E-state index in [9.17, 15) is 0 Å².